The Morgan fingerprint density at radius 1 is 0.964 bits per heavy atom. The number of amides is 1. The van der Waals surface area contributed by atoms with E-state index in [0.717, 1.165) is 5.56 Å². The Bertz CT molecular complexity index is 1170. The number of hydrogen-bond acceptors (Lipinski definition) is 4. The van der Waals surface area contributed by atoms with E-state index in [1.807, 2.05) is 30.3 Å². The maximum absolute atomic E-state index is 13.2. The third-order valence-electron chi connectivity index (χ3n) is 4.33. The van der Waals surface area contributed by atoms with Gasteiger partial charge in [-0.15, -0.1) is 0 Å². The SMILES string of the molecule is O=C(c1cc(=O)c2cc(Cl)ccc2o1)N(Cc1ccccc1)Cc1ccco1. The van der Waals surface area contributed by atoms with Gasteiger partial charge in [0.25, 0.3) is 5.91 Å². The van der Waals surface area contributed by atoms with Crippen molar-refractivity contribution in [2.24, 2.45) is 0 Å². The zero-order valence-electron chi connectivity index (χ0n) is 14.8. The van der Waals surface area contributed by atoms with Crippen molar-refractivity contribution in [3.05, 3.63) is 105 Å². The standard InChI is InChI=1S/C22H16ClNO4/c23-16-8-9-20-18(11-16)19(25)12-21(28-20)22(26)24(14-17-7-4-10-27-17)13-15-5-2-1-3-6-15/h1-12H,13-14H2. The molecule has 2 heterocycles. The van der Waals surface area contributed by atoms with Gasteiger partial charge < -0.3 is 13.7 Å². The van der Waals surface area contributed by atoms with Gasteiger partial charge in [-0.2, -0.15) is 0 Å². The van der Waals surface area contributed by atoms with Crippen molar-refractivity contribution >= 4 is 28.5 Å². The van der Waals surface area contributed by atoms with Crippen LogP contribution in [0.3, 0.4) is 0 Å². The predicted molar refractivity (Wildman–Crippen MR) is 106 cm³/mol. The molecule has 4 aromatic rings. The Morgan fingerprint density at radius 2 is 1.79 bits per heavy atom. The first-order valence-electron chi connectivity index (χ1n) is 8.69. The van der Waals surface area contributed by atoms with Crippen LogP contribution in [0, 0.1) is 0 Å². The zero-order chi connectivity index (χ0) is 19.5. The summed E-state index contributed by atoms with van der Waals surface area (Å²) in [6.07, 6.45) is 1.56. The quantitative estimate of drug-likeness (QED) is 0.484. The second-order valence-electron chi connectivity index (χ2n) is 6.34. The molecule has 0 bridgehead atoms. The Labute approximate surface area is 165 Å². The first-order chi connectivity index (χ1) is 13.6. The van der Waals surface area contributed by atoms with Crippen molar-refractivity contribution in [2.45, 2.75) is 13.1 Å². The van der Waals surface area contributed by atoms with E-state index in [1.165, 1.54) is 12.1 Å². The minimum atomic E-state index is -0.394. The number of hydrogen-bond donors (Lipinski definition) is 0. The summed E-state index contributed by atoms with van der Waals surface area (Å²) < 4.78 is 11.1. The number of furan rings is 1. The fraction of sp³-hybridized carbons (Fsp3) is 0.0909. The van der Waals surface area contributed by atoms with Crippen molar-refractivity contribution in [1.82, 2.24) is 4.90 Å². The Hall–Kier alpha value is -3.31. The van der Waals surface area contributed by atoms with Crippen LogP contribution in [0.2, 0.25) is 5.02 Å². The van der Waals surface area contributed by atoms with Crippen LogP contribution in [-0.2, 0) is 13.1 Å². The number of nitrogens with zero attached hydrogens (tertiary/aromatic N) is 1. The van der Waals surface area contributed by atoms with Gasteiger partial charge in [-0.3, -0.25) is 9.59 Å². The molecule has 5 nitrogen and oxygen atoms in total. The van der Waals surface area contributed by atoms with Crippen LogP contribution in [0.15, 0.2) is 86.6 Å². The summed E-state index contributed by atoms with van der Waals surface area (Å²) in [4.78, 5) is 27.2. The van der Waals surface area contributed by atoms with Crippen LogP contribution in [0.5, 0.6) is 0 Å². The Morgan fingerprint density at radius 3 is 2.54 bits per heavy atom. The number of benzene rings is 2. The summed E-state index contributed by atoms with van der Waals surface area (Å²) in [5.74, 6) is 0.218. The van der Waals surface area contributed by atoms with Gasteiger partial charge in [-0.1, -0.05) is 41.9 Å². The van der Waals surface area contributed by atoms with Crippen LogP contribution in [0.1, 0.15) is 21.9 Å². The fourth-order valence-electron chi connectivity index (χ4n) is 2.98. The highest BCUT2D eigenvalue weighted by Gasteiger charge is 2.21. The molecule has 4 rings (SSSR count). The first-order valence-corrected chi connectivity index (χ1v) is 9.07. The van der Waals surface area contributed by atoms with Crippen LogP contribution in [0.4, 0.5) is 0 Å². The number of carbonyl (C=O) groups is 1. The number of carbonyl (C=O) groups excluding carboxylic acids is 1. The lowest BCUT2D eigenvalue weighted by Crippen LogP contribution is -2.30. The Kier molecular flexibility index (Phi) is 5.00. The fourth-order valence-corrected chi connectivity index (χ4v) is 3.16. The van der Waals surface area contributed by atoms with Gasteiger partial charge in [-0.25, -0.2) is 0 Å². The molecular weight excluding hydrogens is 378 g/mol. The third kappa shape index (κ3) is 3.85. The maximum atomic E-state index is 13.2. The van der Waals surface area contributed by atoms with Gasteiger partial charge >= 0.3 is 0 Å². The molecule has 0 radical (unpaired) electrons. The van der Waals surface area contributed by atoms with Crippen molar-refractivity contribution in [1.29, 1.82) is 0 Å². The van der Waals surface area contributed by atoms with E-state index in [0.29, 0.717) is 28.3 Å². The van der Waals surface area contributed by atoms with Crippen LogP contribution in [0.25, 0.3) is 11.0 Å². The highest BCUT2D eigenvalue weighted by molar-refractivity contribution is 6.31. The molecule has 28 heavy (non-hydrogen) atoms. The number of rotatable bonds is 5. The molecule has 2 aromatic heterocycles. The average molecular weight is 394 g/mol. The molecule has 0 spiro atoms. The predicted octanol–water partition coefficient (Wildman–Crippen LogP) is 4.88. The minimum Gasteiger partial charge on any atom is -0.467 e. The summed E-state index contributed by atoms with van der Waals surface area (Å²) >= 11 is 5.95. The van der Waals surface area contributed by atoms with E-state index in [2.05, 4.69) is 0 Å². The topological polar surface area (TPSA) is 63.7 Å². The van der Waals surface area contributed by atoms with Gasteiger partial charge in [0.15, 0.2) is 11.2 Å². The third-order valence-corrected chi connectivity index (χ3v) is 4.57. The van der Waals surface area contributed by atoms with Crippen molar-refractivity contribution < 1.29 is 13.6 Å². The lowest BCUT2D eigenvalue weighted by atomic mass is 10.2. The summed E-state index contributed by atoms with van der Waals surface area (Å²) in [5.41, 5.74) is 0.958. The van der Waals surface area contributed by atoms with Crippen LogP contribution >= 0.6 is 11.6 Å². The van der Waals surface area contributed by atoms with E-state index in [1.54, 1.807) is 35.4 Å². The maximum Gasteiger partial charge on any atom is 0.290 e. The zero-order valence-corrected chi connectivity index (χ0v) is 15.6. The highest BCUT2D eigenvalue weighted by atomic mass is 35.5. The van der Waals surface area contributed by atoms with Crippen molar-refractivity contribution in [3.8, 4) is 0 Å². The molecule has 6 heteroatoms. The molecule has 2 aromatic carbocycles. The molecule has 140 valence electrons. The van der Waals surface area contributed by atoms with E-state index in [9.17, 15) is 9.59 Å². The largest absolute Gasteiger partial charge is 0.467 e. The molecule has 0 atom stereocenters. The van der Waals surface area contributed by atoms with E-state index >= 15 is 0 Å². The molecule has 0 N–H and O–H groups in total. The van der Waals surface area contributed by atoms with Gasteiger partial charge in [0.2, 0.25) is 0 Å². The number of fused-ring (bicyclic) bond motifs is 1. The lowest BCUT2D eigenvalue weighted by molar-refractivity contribution is 0.0686. The first kappa shape index (κ1) is 18.1. The van der Waals surface area contributed by atoms with Crippen molar-refractivity contribution in [2.75, 3.05) is 0 Å². The second kappa shape index (κ2) is 7.74. The minimum absolute atomic E-state index is 0.0256. The molecule has 1 amide bonds. The molecule has 0 aliphatic heterocycles. The normalized spacial score (nSPS) is 10.9. The summed E-state index contributed by atoms with van der Waals surface area (Å²) in [6, 6.07) is 19.1. The van der Waals surface area contributed by atoms with E-state index < -0.39 is 5.91 Å². The molecule has 0 aliphatic carbocycles. The molecule has 0 saturated carbocycles. The van der Waals surface area contributed by atoms with Crippen LogP contribution in [-0.4, -0.2) is 10.8 Å². The van der Waals surface area contributed by atoms with Gasteiger partial charge in [0.05, 0.1) is 18.2 Å². The monoisotopic (exact) mass is 393 g/mol. The smallest absolute Gasteiger partial charge is 0.290 e. The van der Waals surface area contributed by atoms with Crippen LogP contribution < -0.4 is 5.43 Å². The molecule has 0 unspecified atom stereocenters. The van der Waals surface area contributed by atoms with E-state index in [4.69, 9.17) is 20.4 Å². The second-order valence-corrected chi connectivity index (χ2v) is 6.78. The van der Waals surface area contributed by atoms with Gasteiger partial charge in [0.1, 0.15) is 11.3 Å². The molecule has 0 saturated heterocycles. The molecule has 0 fully saturated rings. The summed E-state index contributed by atoms with van der Waals surface area (Å²) in [7, 11) is 0. The molecule has 0 aliphatic rings. The summed E-state index contributed by atoms with van der Waals surface area (Å²) in [5, 5.41) is 0.770. The molecular formula is C22H16ClNO4. The van der Waals surface area contributed by atoms with Gasteiger partial charge in [-0.05, 0) is 35.9 Å². The average Bonchev–Trinajstić information content (AvgIpc) is 3.21. The summed E-state index contributed by atoms with van der Waals surface area (Å²) in [6.45, 7) is 0.603. The lowest BCUT2D eigenvalue weighted by Gasteiger charge is -2.21. The Balaban J connectivity index is 1.71. The van der Waals surface area contributed by atoms with E-state index in [-0.39, 0.29) is 17.7 Å². The number of halogens is 1. The highest BCUT2D eigenvalue weighted by Crippen LogP contribution is 2.20. The van der Waals surface area contributed by atoms with Gasteiger partial charge in [0, 0.05) is 17.6 Å². The van der Waals surface area contributed by atoms with Crippen molar-refractivity contribution in [3.63, 3.8) is 0 Å².